The molecule has 1 aromatic carbocycles. The van der Waals surface area contributed by atoms with E-state index in [2.05, 4.69) is 4.74 Å². The van der Waals surface area contributed by atoms with Gasteiger partial charge in [0, 0.05) is 6.07 Å². The van der Waals surface area contributed by atoms with Gasteiger partial charge in [-0.15, -0.1) is 5.23 Å². The molecule has 0 radical (unpaired) electrons. The van der Waals surface area contributed by atoms with Gasteiger partial charge in [-0.3, -0.25) is 15.6 Å². The first-order valence-corrected chi connectivity index (χ1v) is 3.70. The minimum atomic E-state index is -0.826. The predicted octanol–water partition coefficient (Wildman–Crippen LogP) is 0.0470. The summed E-state index contributed by atoms with van der Waals surface area (Å²) in [6.45, 7) is 0. The summed E-state index contributed by atoms with van der Waals surface area (Å²) in [5, 5.41) is 46.8. The van der Waals surface area contributed by atoms with Crippen LogP contribution in [0.25, 0.3) is 0 Å². The van der Waals surface area contributed by atoms with Gasteiger partial charge in [0.25, 0.3) is 0 Å². The molecular formula is C7H8N2O6-2. The lowest BCUT2D eigenvalue weighted by Crippen LogP contribution is -2.16. The van der Waals surface area contributed by atoms with E-state index < -0.39 is 21.9 Å². The summed E-state index contributed by atoms with van der Waals surface area (Å²) in [5.41, 5.74) is -0.978. The van der Waals surface area contributed by atoms with E-state index in [1.165, 1.54) is 0 Å². The molecule has 8 heteroatoms. The van der Waals surface area contributed by atoms with E-state index in [-0.39, 0.29) is 11.4 Å². The first-order valence-electron chi connectivity index (χ1n) is 3.70. The Labute approximate surface area is 84.2 Å². The fourth-order valence-corrected chi connectivity index (χ4v) is 0.984. The molecule has 8 nitrogen and oxygen atoms in total. The second-order valence-electron chi connectivity index (χ2n) is 2.56. The number of rotatable bonds is 3. The molecule has 0 unspecified atom stereocenters. The van der Waals surface area contributed by atoms with Gasteiger partial charge < -0.3 is 20.3 Å². The molecule has 0 aromatic heterocycles. The zero-order chi connectivity index (χ0) is 11.6. The molecule has 0 fully saturated rings. The van der Waals surface area contributed by atoms with Crippen molar-refractivity contribution in [3.63, 3.8) is 0 Å². The van der Waals surface area contributed by atoms with E-state index in [0.717, 1.165) is 19.2 Å². The van der Waals surface area contributed by atoms with Gasteiger partial charge in [0.15, 0.2) is 0 Å². The van der Waals surface area contributed by atoms with Crippen molar-refractivity contribution in [2.24, 2.45) is 0 Å². The van der Waals surface area contributed by atoms with Crippen LogP contribution < -0.4 is 20.3 Å². The molecule has 1 rings (SSSR count). The third kappa shape index (κ3) is 2.19. The van der Waals surface area contributed by atoms with Gasteiger partial charge in [-0.1, -0.05) is 0 Å². The molecule has 0 saturated heterocycles. The van der Waals surface area contributed by atoms with Crippen LogP contribution in [-0.2, 0) is 0 Å². The Kier molecular flexibility index (Phi) is 3.17. The number of anilines is 2. The van der Waals surface area contributed by atoms with Crippen LogP contribution in [-0.4, -0.2) is 22.7 Å². The summed E-state index contributed by atoms with van der Waals surface area (Å²) in [4.78, 5) is 0. The number of nitrogens with zero attached hydrogens (tertiary/aromatic N) is 2. The molecule has 0 spiro atoms. The molecule has 84 valence electrons. The first-order chi connectivity index (χ1) is 6.97. The first kappa shape index (κ1) is 11.3. The van der Waals surface area contributed by atoms with Gasteiger partial charge in [-0.25, -0.2) is 0 Å². The molecule has 0 saturated carbocycles. The minimum absolute atomic E-state index is 0.300. The molecule has 0 aliphatic heterocycles. The zero-order valence-corrected chi connectivity index (χ0v) is 7.62. The van der Waals surface area contributed by atoms with Crippen molar-refractivity contribution in [3.05, 3.63) is 17.3 Å². The molecule has 1 aromatic rings. The van der Waals surface area contributed by atoms with Crippen molar-refractivity contribution in [2.75, 3.05) is 17.6 Å². The Balaban J connectivity index is 3.32. The number of ether oxygens (including phenoxy) is 1. The Hall–Kier alpha value is -1.74. The van der Waals surface area contributed by atoms with Crippen molar-refractivity contribution in [3.8, 4) is 11.5 Å². The zero-order valence-electron chi connectivity index (χ0n) is 7.62. The van der Waals surface area contributed by atoms with Crippen molar-refractivity contribution in [1.29, 1.82) is 0 Å². The highest BCUT2D eigenvalue weighted by atomic mass is 16.8. The maximum Gasteiger partial charge on any atom is 0.115 e. The van der Waals surface area contributed by atoms with Crippen molar-refractivity contribution in [1.82, 2.24) is 0 Å². The third-order valence-corrected chi connectivity index (χ3v) is 1.68. The van der Waals surface area contributed by atoms with Crippen LogP contribution in [0.1, 0.15) is 0 Å². The average Bonchev–Trinajstić information content (AvgIpc) is 2.17. The van der Waals surface area contributed by atoms with E-state index in [9.17, 15) is 10.3 Å². The van der Waals surface area contributed by atoms with Gasteiger partial charge in [-0.05, 0) is 11.8 Å². The van der Waals surface area contributed by atoms with Crippen LogP contribution in [0.15, 0.2) is 12.1 Å². The lowest BCUT2D eigenvalue weighted by Gasteiger charge is -2.27. The smallest absolute Gasteiger partial charge is 0.115 e. The Morgan fingerprint density at radius 3 is 2.27 bits per heavy atom. The largest absolute Gasteiger partial charge is 0.868 e. The summed E-state index contributed by atoms with van der Waals surface area (Å²) in [7, 11) is 1.16. The number of hydrogen-bond acceptors (Lipinski definition) is 8. The fraction of sp³-hybridized carbons (Fsp3) is 0.143. The highest BCUT2D eigenvalue weighted by Gasteiger charge is 2.08. The van der Waals surface area contributed by atoms with Crippen LogP contribution >= 0.6 is 0 Å². The highest BCUT2D eigenvalue weighted by molar-refractivity contribution is 5.69. The Morgan fingerprint density at radius 2 is 1.87 bits per heavy atom. The Morgan fingerprint density at radius 1 is 1.27 bits per heavy atom. The topological polar surface area (TPSA) is 123 Å². The molecule has 0 aliphatic rings. The predicted molar refractivity (Wildman–Crippen MR) is 46.1 cm³/mol. The Bertz CT molecular complexity index is 354. The van der Waals surface area contributed by atoms with Crippen molar-refractivity contribution in [2.45, 2.75) is 0 Å². The summed E-state index contributed by atoms with van der Waals surface area (Å²) >= 11 is 0. The molecule has 0 atom stereocenters. The summed E-state index contributed by atoms with van der Waals surface area (Å²) < 4.78 is 4.59. The van der Waals surface area contributed by atoms with Crippen LogP contribution in [0.5, 0.6) is 11.5 Å². The molecule has 0 bridgehead atoms. The highest BCUT2D eigenvalue weighted by Crippen LogP contribution is 2.37. The van der Waals surface area contributed by atoms with Gasteiger partial charge in [-0.2, -0.15) is 0 Å². The molecular weight excluding hydrogens is 208 g/mol. The van der Waals surface area contributed by atoms with Gasteiger partial charge in [0.05, 0.1) is 18.5 Å². The van der Waals surface area contributed by atoms with Gasteiger partial charge in [0.2, 0.25) is 0 Å². The molecule has 0 aliphatic carbocycles. The normalized spacial score (nSPS) is 9.93. The van der Waals surface area contributed by atoms with Crippen molar-refractivity contribution < 1.29 is 25.5 Å². The standard InChI is InChI=1S/C7H9N2O6/c1-15-6-3-4(8(11)12)2-5(7(6)10)9(13)14/h2-3,10-11,13-14H,1H3/q-1/p-1. The lowest BCUT2D eigenvalue weighted by molar-refractivity contribution is -0.270. The van der Waals surface area contributed by atoms with Crippen molar-refractivity contribution >= 4 is 11.4 Å². The van der Waals surface area contributed by atoms with Gasteiger partial charge in [0.1, 0.15) is 5.75 Å². The number of methoxy groups -OCH3 is 1. The van der Waals surface area contributed by atoms with Gasteiger partial charge >= 0.3 is 0 Å². The second-order valence-corrected chi connectivity index (χ2v) is 2.56. The second kappa shape index (κ2) is 4.19. The number of benzene rings is 1. The van der Waals surface area contributed by atoms with Crippen LogP contribution in [0.4, 0.5) is 11.4 Å². The quantitative estimate of drug-likeness (QED) is 0.605. The molecule has 15 heavy (non-hydrogen) atoms. The van der Waals surface area contributed by atoms with E-state index in [0.29, 0.717) is 0 Å². The van der Waals surface area contributed by atoms with Crippen LogP contribution in [0.2, 0.25) is 0 Å². The molecule has 0 heterocycles. The minimum Gasteiger partial charge on any atom is -0.868 e. The third-order valence-electron chi connectivity index (χ3n) is 1.68. The lowest BCUT2D eigenvalue weighted by atomic mass is 10.2. The van der Waals surface area contributed by atoms with Crippen LogP contribution in [0, 0.1) is 5.21 Å². The summed E-state index contributed by atoms with van der Waals surface area (Å²) in [5.74, 6) is -1.13. The SMILES string of the molecule is COc1cc(N([O-])O)cc(N(O)O)c1[O-]. The summed E-state index contributed by atoms with van der Waals surface area (Å²) in [6, 6.07) is 1.75. The number of hydrogen-bond donors (Lipinski definition) is 3. The van der Waals surface area contributed by atoms with E-state index in [1.54, 1.807) is 0 Å². The van der Waals surface area contributed by atoms with E-state index >= 15 is 0 Å². The molecule has 3 N–H and O–H groups in total. The maximum atomic E-state index is 11.3. The average molecular weight is 216 g/mol. The monoisotopic (exact) mass is 216 g/mol. The van der Waals surface area contributed by atoms with Crippen LogP contribution in [0.3, 0.4) is 0 Å². The molecule has 0 amide bonds. The maximum absolute atomic E-state index is 11.3. The van der Waals surface area contributed by atoms with E-state index in [4.69, 9.17) is 15.6 Å². The summed E-state index contributed by atoms with van der Waals surface area (Å²) in [6.07, 6.45) is 0. The van der Waals surface area contributed by atoms with E-state index in [1.807, 2.05) is 0 Å². The fourth-order valence-electron chi connectivity index (χ4n) is 0.984.